The summed E-state index contributed by atoms with van der Waals surface area (Å²) in [5.41, 5.74) is 0.339. The maximum atomic E-state index is 10.8. The number of aliphatic hydroxyl groups excluding tert-OH is 1. The molecule has 0 bridgehead atoms. The number of hydrogen-bond donors (Lipinski definition) is 1. The number of hydrogen-bond acceptors (Lipinski definition) is 5. The molecule has 0 aromatic rings. The van der Waals surface area contributed by atoms with Crippen LogP contribution in [0.25, 0.3) is 0 Å². The van der Waals surface area contributed by atoms with Crippen molar-refractivity contribution in [1.29, 1.82) is 0 Å². The van der Waals surface area contributed by atoms with E-state index < -0.39 is 12.0 Å². The zero-order chi connectivity index (χ0) is 17.1. The minimum Gasteiger partial charge on any atom is -0.378 e. The van der Waals surface area contributed by atoms with Crippen LogP contribution in [0.4, 0.5) is 0 Å². The lowest BCUT2D eigenvalue weighted by Gasteiger charge is -2.41. The van der Waals surface area contributed by atoms with Gasteiger partial charge < -0.3 is 19.4 Å². The van der Waals surface area contributed by atoms with Gasteiger partial charge in [-0.15, -0.1) is 0 Å². The quantitative estimate of drug-likeness (QED) is 0.600. The van der Waals surface area contributed by atoms with Crippen LogP contribution >= 0.6 is 0 Å². The molecule has 0 radical (unpaired) electrons. The van der Waals surface area contributed by atoms with Crippen molar-refractivity contribution in [2.75, 3.05) is 19.7 Å². The third-order valence-electron chi connectivity index (χ3n) is 5.42. The molecule has 0 amide bonds. The number of rotatable bonds is 6. The number of ether oxygens (including phenoxy) is 2. The van der Waals surface area contributed by atoms with Crippen molar-refractivity contribution in [3.63, 3.8) is 0 Å². The van der Waals surface area contributed by atoms with Crippen molar-refractivity contribution < 1.29 is 19.4 Å². The van der Waals surface area contributed by atoms with E-state index in [1.165, 1.54) is 0 Å². The highest BCUT2D eigenvalue weighted by atomic mass is 16.7. The highest BCUT2D eigenvalue weighted by Gasteiger charge is 2.46. The SMILES string of the molecule is CCC(O)N(CC=O)CC1COC2(CCC(C(C)(C)C)CC2)O1. The van der Waals surface area contributed by atoms with E-state index in [4.69, 9.17) is 9.47 Å². The summed E-state index contributed by atoms with van der Waals surface area (Å²) < 4.78 is 12.3. The van der Waals surface area contributed by atoms with Crippen molar-refractivity contribution in [3.8, 4) is 0 Å². The van der Waals surface area contributed by atoms with Crippen molar-refractivity contribution in [2.45, 2.75) is 77.9 Å². The summed E-state index contributed by atoms with van der Waals surface area (Å²) in [6.07, 6.45) is 4.90. The molecule has 1 N–H and O–H groups in total. The fourth-order valence-electron chi connectivity index (χ4n) is 3.83. The van der Waals surface area contributed by atoms with Gasteiger partial charge in [0.2, 0.25) is 0 Å². The van der Waals surface area contributed by atoms with Gasteiger partial charge in [0.05, 0.1) is 19.3 Å². The highest BCUT2D eigenvalue weighted by molar-refractivity contribution is 5.52. The number of aliphatic hydroxyl groups is 1. The van der Waals surface area contributed by atoms with Gasteiger partial charge in [-0.3, -0.25) is 4.90 Å². The van der Waals surface area contributed by atoms with Crippen LogP contribution in [0, 0.1) is 11.3 Å². The first-order chi connectivity index (χ1) is 10.8. The molecular weight excluding hydrogens is 294 g/mol. The van der Waals surface area contributed by atoms with Gasteiger partial charge in [-0.1, -0.05) is 27.7 Å². The number of carbonyl (C=O) groups is 1. The van der Waals surface area contributed by atoms with E-state index in [-0.39, 0.29) is 12.6 Å². The molecule has 2 rings (SSSR count). The molecule has 2 aliphatic rings. The summed E-state index contributed by atoms with van der Waals surface area (Å²) in [5, 5.41) is 10.0. The number of nitrogens with zero attached hydrogens (tertiary/aromatic N) is 1. The summed E-state index contributed by atoms with van der Waals surface area (Å²) in [4.78, 5) is 12.6. The van der Waals surface area contributed by atoms with Crippen molar-refractivity contribution in [1.82, 2.24) is 4.90 Å². The maximum Gasteiger partial charge on any atom is 0.168 e. The monoisotopic (exact) mass is 327 g/mol. The summed E-state index contributed by atoms with van der Waals surface area (Å²) in [7, 11) is 0. The van der Waals surface area contributed by atoms with E-state index in [1.54, 1.807) is 4.90 Å². The van der Waals surface area contributed by atoms with E-state index in [1.807, 2.05) is 6.92 Å². The van der Waals surface area contributed by atoms with Gasteiger partial charge in [-0.2, -0.15) is 0 Å². The molecule has 2 unspecified atom stereocenters. The Labute approximate surface area is 140 Å². The van der Waals surface area contributed by atoms with E-state index in [2.05, 4.69) is 20.8 Å². The molecule has 1 aliphatic carbocycles. The molecule has 5 heteroatoms. The van der Waals surface area contributed by atoms with E-state index in [0.29, 0.717) is 30.9 Å². The number of carbonyl (C=O) groups excluding carboxylic acids is 1. The lowest BCUT2D eigenvalue weighted by atomic mass is 9.71. The Balaban J connectivity index is 1.87. The zero-order valence-corrected chi connectivity index (χ0v) is 15.1. The third kappa shape index (κ3) is 4.75. The number of aldehydes is 1. The minimum atomic E-state index is -0.600. The highest BCUT2D eigenvalue weighted by Crippen LogP contribution is 2.45. The van der Waals surface area contributed by atoms with Gasteiger partial charge in [-0.25, -0.2) is 0 Å². The van der Waals surface area contributed by atoms with Crippen LogP contribution in [0.3, 0.4) is 0 Å². The lowest BCUT2D eigenvalue weighted by molar-refractivity contribution is -0.199. The predicted octanol–water partition coefficient (Wildman–Crippen LogP) is 2.56. The van der Waals surface area contributed by atoms with E-state index >= 15 is 0 Å². The Kier molecular flexibility index (Phi) is 6.22. The Hall–Kier alpha value is -0.490. The van der Waals surface area contributed by atoms with E-state index in [9.17, 15) is 9.90 Å². The van der Waals surface area contributed by atoms with Crippen molar-refractivity contribution >= 4 is 6.29 Å². The average Bonchev–Trinajstić information content (AvgIpc) is 2.88. The second kappa shape index (κ2) is 7.60. The van der Waals surface area contributed by atoms with E-state index in [0.717, 1.165) is 32.0 Å². The van der Waals surface area contributed by atoms with Gasteiger partial charge in [0, 0.05) is 19.4 Å². The Morgan fingerprint density at radius 1 is 1.35 bits per heavy atom. The van der Waals surface area contributed by atoms with Gasteiger partial charge in [0.1, 0.15) is 12.5 Å². The normalized spacial score (nSPS) is 33.3. The molecule has 134 valence electrons. The van der Waals surface area contributed by atoms with Crippen LogP contribution in [-0.2, 0) is 14.3 Å². The topological polar surface area (TPSA) is 59.0 Å². The fourth-order valence-corrected chi connectivity index (χ4v) is 3.83. The molecule has 1 aliphatic heterocycles. The smallest absolute Gasteiger partial charge is 0.168 e. The maximum absolute atomic E-state index is 10.8. The van der Waals surface area contributed by atoms with Crippen molar-refractivity contribution in [2.24, 2.45) is 11.3 Å². The molecule has 1 saturated carbocycles. The molecule has 1 saturated heterocycles. The molecule has 2 fully saturated rings. The summed E-state index contributed by atoms with van der Waals surface area (Å²) >= 11 is 0. The van der Waals surface area contributed by atoms with Gasteiger partial charge >= 0.3 is 0 Å². The zero-order valence-electron chi connectivity index (χ0n) is 15.1. The van der Waals surface area contributed by atoms with Gasteiger partial charge in [0.15, 0.2) is 5.79 Å². The average molecular weight is 327 g/mol. The van der Waals surface area contributed by atoms with Crippen LogP contribution < -0.4 is 0 Å². The lowest BCUT2D eigenvalue weighted by Crippen LogP contribution is -2.43. The Morgan fingerprint density at radius 2 is 2.00 bits per heavy atom. The van der Waals surface area contributed by atoms with Crippen LogP contribution in [0.5, 0.6) is 0 Å². The van der Waals surface area contributed by atoms with Gasteiger partial charge in [-0.05, 0) is 30.6 Å². The largest absolute Gasteiger partial charge is 0.378 e. The molecule has 2 atom stereocenters. The molecule has 0 aromatic carbocycles. The first-order valence-electron chi connectivity index (χ1n) is 8.97. The summed E-state index contributed by atoms with van der Waals surface area (Å²) in [6, 6.07) is 0. The van der Waals surface area contributed by atoms with Crippen molar-refractivity contribution in [3.05, 3.63) is 0 Å². The molecule has 1 spiro atoms. The second-order valence-corrected chi connectivity index (χ2v) is 8.11. The summed E-state index contributed by atoms with van der Waals surface area (Å²) in [6.45, 7) is 10.1. The Bertz CT molecular complexity index is 385. The molecule has 23 heavy (non-hydrogen) atoms. The van der Waals surface area contributed by atoms with Crippen LogP contribution in [0.15, 0.2) is 0 Å². The summed E-state index contributed by atoms with van der Waals surface area (Å²) in [5.74, 6) is 0.282. The minimum absolute atomic E-state index is 0.0673. The van der Waals surface area contributed by atoms with Crippen LogP contribution in [0.2, 0.25) is 0 Å². The molecular formula is C18H33NO4. The third-order valence-corrected chi connectivity index (χ3v) is 5.42. The first kappa shape index (κ1) is 18.8. The fraction of sp³-hybridized carbons (Fsp3) is 0.944. The van der Waals surface area contributed by atoms with Crippen LogP contribution in [-0.4, -0.2) is 54.1 Å². The van der Waals surface area contributed by atoms with Crippen LogP contribution in [0.1, 0.15) is 59.8 Å². The standard InChI is InChI=1S/C18H33NO4/c1-5-16(21)19(10-11-20)12-15-13-22-18(23-15)8-6-14(7-9-18)17(2,3)4/h11,14-16,21H,5-10,12-13H2,1-4H3. The first-order valence-corrected chi connectivity index (χ1v) is 8.97. The molecule has 1 heterocycles. The Morgan fingerprint density at radius 3 is 2.52 bits per heavy atom. The second-order valence-electron chi connectivity index (χ2n) is 8.11. The predicted molar refractivity (Wildman–Crippen MR) is 88.9 cm³/mol. The van der Waals surface area contributed by atoms with Gasteiger partial charge in [0.25, 0.3) is 0 Å². The molecule has 0 aromatic heterocycles. The molecule has 5 nitrogen and oxygen atoms in total.